The maximum atomic E-state index is 11.6. The summed E-state index contributed by atoms with van der Waals surface area (Å²) in [5.41, 5.74) is 1.58. The van der Waals surface area contributed by atoms with Crippen LogP contribution in [0.15, 0.2) is 57.5 Å². The molecule has 0 aliphatic heterocycles. The van der Waals surface area contributed by atoms with Gasteiger partial charge in [-0.1, -0.05) is 58.4 Å². The summed E-state index contributed by atoms with van der Waals surface area (Å²) in [7, 11) is 0. The van der Waals surface area contributed by atoms with Gasteiger partial charge < -0.3 is 15.2 Å². The van der Waals surface area contributed by atoms with Crippen molar-refractivity contribution in [2.24, 2.45) is 0 Å². The number of aromatic hydroxyl groups is 1. The average molecular weight is 441 g/mol. The number of carbonyl (C=O) groups excluding carboxylic acids is 1. The summed E-state index contributed by atoms with van der Waals surface area (Å²) < 4.78 is 6.54. The molecule has 0 unspecified atom stereocenters. The zero-order chi connectivity index (χ0) is 16.7. The van der Waals surface area contributed by atoms with Crippen molar-refractivity contribution in [2.45, 2.75) is 6.61 Å². The third kappa shape index (κ3) is 5.73. The second kappa shape index (κ2) is 8.74. The molecule has 0 aromatic heterocycles. The largest absolute Gasteiger partial charge is 0.506 e. The lowest BCUT2D eigenvalue weighted by atomic mass is 10.2. The molecule has 23 heavy (non-hydrogen) atoms. The van der Waals surface area contributed by atoms with E-state index < -0.39 is 6.09 Å². The molecular formula is C17H15Br2NO3. The molecular weight excluding hydrogens is 426 g/mol. The highest BCUT2D eigenvalue weighted by atomic mass is 79.9. The number of alkyl carbamates (subject to hydrolysis) is 1. The van der Waals surface area contributed by atoms with Crippen molar-refractivity contribution in [2.75, 3.05) is 6.54 Å². The van der Waals surface area contributed by atoms with Gasteiger partial charge in [-0.25, -0.2) is 4.79 Å². The number of rotatable bonds is 5. The number of phenols is 1. The van der Waals surface area contributed by atoms with E-state index in [9.17, 15) is 9.90 Å². The van der Waals surface area contributed by atoms with E-state index in [2.05, 4.69) is 37.2 Å². The quantitative estimate of drug-likeness (QED) is 0.698. The van der Waals surface area contributed by atoms with E-state index >= 15 is 0 Å². The van der Waals surface area contributed by atoms with Gasteiger partial charge in [0.05, 0.1) is 4.47 Å². The van der Waals surface area contributed by atoms with Crippen molar-refractivity contribution in [1.82, 2.24) is 5.32 Å². The van der Waals surface area contributed by atoms with Gasteiger partial charge in [-0.2, -0.15) is 0 Å². The number of hydrogen-bond acceptors (Lipinski definition) is 3. The molecule has 0 saturated carbocycles. The molecule has 0 spiro atoms. The van der Waals surface area contributed by atoms with Crippen molar-refractivity contribution in [3.63, 3.8) is 0 Å². The summed E-state index contributed by atoms with van der Waals surface area (Å²) in [6, 6.07) is 13.0. The summed E-state index contributed by atoms with van der Waals surface area (Å²) >= 11 is 6.63. The first kappa shape index (κ1) is 17.6. The molecule has 0 atom stereocenters. The van der Waals surface area contributed by atoms with Gasteiger partial charge in [0.1, 0.15) is 12.4 Å². The van der Waals surface area contributed by atoms with E-state index in [-0.39, 0.29) is 12.4 Å². The number of benzene rings is 2. The molecule has 0 fully saturated rings. The second-order valence-electron chi connectivity index (χ2n) is 4.67. The monoisotopic (exact) mass is 439 g/mol. The number of ether oxygens (including phenoxy) is 1. The van der Waals surface area contributed by atoms with Crippen LogP contribution in [-0.2, 0) is 11.3 Å². The van der Waals surface area contributed by atoms with Crippen LogP contribution in [0.25, 0.3) is 6.08 Å². The molecule has 2 N–H and O–H groups in total. The van der Waals surface area contributed by atoms with Crippen LogP contribution in [0.1, 0.15) is 11.1 Å². The van der Waals surface area contributed by atoms with Gasteiger partial charge in [-0.3, -0.25) is 0 Å². The number of nitrogens with one attached hydrogen (secondary N) is 1. The Morgan fingerprint density at radius 3 is 2.70 bits per heavy atom. The third-order valence-corrected chi connectivity index (χ3v) is 3.99. The van der Waals surface area contributed by atoms with Gasteiger partial charge in [0.15, 0.2) is 0 Å². The molecule has 2 aromatic carbocycles. The van der Waals surface area contributed by atoms with Crippen LogP contribution in [-0.4, -0.2) is 17.7 Å². The van der Waals surface area contributed by atoms with Crippen LogP contribution >= 0.6 is 31.9 Å². The summed E-state index contributed by atoms with van der Waals surface area (Å²) in [6.45, 7) is 0.535. The van der Waals surface area contributed by atoms with E-state index in [0.717, 1.165) is 10.0 Å². The van der Waals surface area contributed by atoms with E-state index in [4.69, 9.17) is 4.74 Å². The minimum Gasteiger partial charge on any atom is -0.506 e. The zero-order valence-electron chi connectivity index (χ0n) is 12.1. The number of hydrogen-bond donors (Lipinski definition) is 2. The van der Waals surface area contributed by atoms with E-state index in [1.165, 1.54) is 0 Å². The Kier molecular flexibility index (Phi) is 6.67. The Bertz CT molecular complexity index is 702. The molecule has 0 heterocycles. The van der Waals surface area contributed by atoms with Gasteiger partial charge >= 0.3 is 6.09 Å². The predicted octanol–water partition coefficient (Wildman–Crippen LogP) is 4.86. The van der Waals surface area contributed by atoms with Crippen LogP contribution in [0, 0.1) is 0 Å². The minimum absolute atomic E-state index is 0.149. The molecule has 120 valence electrons. The molecule has 4 nitrogen and oxygen atoms in total. The Hall–Kier alpha value is -1.79. The summed E-state index contributed by atoms with van der Waals surface area (Å²) in [4.78, 5) is 11.6. The van der Waals surface area contributed by atoms with Crippen molar-refractivity contribution in [3.05, 3.63) is 68.6 Å². The Morgan fingerprint density at radius 1 is 1.22 bits per heavy atom. The number of halogens is 2. The molecule has 2 aromatic rings. The van der Waals surface area contributed by atoms with Crippen LogP contribution in [0.2, 0.25) is 0 Å². The molecule has 2 rings (SSSR count). The minimum atomic E-state index is -0.488. The van der Waals surface area contributed by atoms with Gasteiger partial charge in [0.25, 0.3) is 0 Å². The van der Waals surface area contributed by atoms with E-state index in [1.807, 2.05) is 30.3 Å². The maximum Gasteiger partial charge on any atom is 0.407 e. The first-order valence-electron chi connectivity index (χ1n) is 6.85. The van der Waals surface area contributed by atoms with E-state index in [1.54, 1.807) is 24.3 Å². The molecule has 0 radical (unpaired) electrons. The predicted molar refractivity (Wildman–Crippen MR) is 97.2 cm³/mol. The smallest absolute Gasteiger partial charge is 0.407 e. The zero-order valence-corrected chi connectivity index (χ0v) is 15.3. The molecule has 0 aliphatic rings. The SMILES string of the molecule is O=C(NCC=Cc1cc(Br)cc(Br)c1O)OCc1ccccc1. The fourth-order valence-electron chi connectivity index (χ4n) is 1.82. The fraction of sp³-hybridized carbons (Fsp3) is 0.118. The molecule has 0 bridgehead atoms. The molecule has 1 amide bonds. The van der Waals surface area contributed by atoms with Gasteiger partial charge in [-0.05, 0) is 33.6 Å². The van der Waals surface area contributed by atoms with Crippen molar-refractivity contribution >= 4 is 44.0 Å². The average Bonchev–Trinajstić information content (AvgIpc) is 2.54. The first-order chi connectivity index (χ1) is 11.1. The Balaban J connectivity index is 1.79. The van der Waals surface area contributed by atoms with Crippen LogP contribution in [0.5, 0.6) is 5.75 Å². The standard InChI is InChI=1S/C17H15Br2NO3/c18-14-9-13(16(21)15(19)10-14)7-4-8-20-17(22)23-11-12-5-2-1-3-6-12/h1-7,9-10,21H,8,11H2,(H,20,22). The normalized spacial score (nSPS) is 10.7. The Labute approximate surface area is 151 Å². The van der Waals surface area contributed by atoms with Crippen molar-refractivity contribution < 1.29 is 14.6 Å². The summed E-state index contributed by atoms with van der Waals surface area (Å²) in [6.07, 6.45) is 2.97. The third-order valence-electron chi connectivity index (χ3n) is 2.93. The van der Waals surface area contributed by atoms with Crippen LogP contribution in [0.4, 0.5) is 4.79 Å². The van der Waals surface area contributed by atoms with Crippen molar-refractivity contribution in [1.29, 1.82) is 0 Å². The van der Waals surface area contributed by atoms with Gasteiger partial charge in [-0.15, -0.1) is 0 Å². The van der Waals surface area contributed by atoms with Crippen LogP contribution in [0.3, 0.4) is 0 Å². The Morgan fingerprint density at radius 2 is 1.96 bits per heavy atom. The van der Waals surface area contributed by atoms with Crippen LogP contribution < -0.4 is 5.32 Å². The lowest BCUT2D eigenvalue weighted by Crippen LogP contribution is -2.24. The lowest BCUT2D eigenvalue weighted by molar-refractivity contribution is 0.141. The highest BCUT2D eigenvalue weighted by Gasteiger charge is 2.05. The topological polar surface area (TPSA) is 58.6 Å². The number of carbonyl (C=O) groups is 1. The highest BCUT2D eigenvalue weighted by molar-refractivity contribution is 9.11. The summed E-state index contributed by atoms with van der Waals surface area (Å²) in [5.74, 6) is 0.149. The van der Waals surface area contributed by atoms with Crippen molar-refractivity contribution in [3.8, 4) is 5.75 Å². The molecule has 6 heteroatoms. The number of amides is 1. The van der Waals surface area contributed by atoms with E-state index in [0.29, 0.717) is 16.6 Å². The maximum absolute atomic E-state index is 11.6. The molecule has 0 saturated heterocycles. The van der Waals surface area contributed by atoms with Gasteiger partial charge in [0.2, 0.25) is 0 Å². The first-order valence-corrected chi connectivity index (χ1v) is 8.44. The van der Waals surface area contributed by atoms with Gasteiger partial charge in [0, 0.05) is 16.6 Å². The molecule has 0 aliphatic carbocycles. The fourth-order valence-corrected chi connectivity index (χ4v) is 3.07. The second-order valence-corrected chi connectivity index (χ2v) is 6.44. The highest BCUT2D eigenvalue weighted by Crippen LogP contribution is 2.32. The number of phenolic OH excluding ortho intramolecular Hbond substituents is 1. The lowest BCUT2D eigenvalue weighted by Gasteiger charge is -2.06. The summed E-state index contributed by atoms with van der Waals surface area (Å²) in [5, 5.41) is 12.5.